The predicted molar refractivity (Wildman–Crippen MR) is 116 cm³/mol. The molecule has 0 aliphatic heterocycles. The third kappa shape index (κ3) is 4.38. The van der Waals surface area contributed by atoms with E-state index in [1.165, 1.54) is 22.4 Å². The summed E-state index contributed by atoms with van der Waals surface area (Å²) in [5, 5.41) is 1.16. The second-order valence-corrected chi connectivity index (χ2v) is 6.92. The minimum absolute atomic E-state index is 0.590. The smallest absolute Gasteiger partial charge is 0.0707 e. The number of benzene rings is 2. The lowest BCUT2D eigenvalue weighted by Crippen LogP contribution is -2.28. The number of aryl methyl sites for hydroxylation is 1. The maximum Gasteiger partial charge on any atom is 0.0707 e. The Bertz CT molecular complexity index is 894. The average molecular weight is 385 g/mol. The number of anilines is 1. The van der Waals surface area contributed by atoms with E-state index in [0.717, 1.165) is 24.0 Å². The van der Waals surface area contributed by atoms with Crippen molar-refractivity contribution >= 4 is 51.9 Å². The molecule has 2 nitrogen and oxygen atoms in total. The van der Waals surface area contributed by atoms with Crippen molar-refractivity contribution in [2.24, 2.45) is 0 Å². The number of fused-ring (bicyclic) bond motifs is 1. The van der Waals surface area contributed by atoms with Gasteiger partial charge in [0.1, 0.15) is 0 Å². The van der Waals surface area contributed by atoms with Crippen molar-refractivity contribution in [2.45, 2.75) is 6.92 Å². The van der Waals surface area contributed by atoms with Gasteiger partial charge >= 0.3 is 0 Å². The fourth-order valence-electron chi connectivity index (χ4n) is 3.14. The van der Waals surface area contributed by atoms with Gasteiger partial charge in [-0.2, -0.15) is 0 Å². The van der Waals surface area contributed by atoms with E-state index in [2.05, 4.69) is 53.2 Å². The zero-order chi connectivity index (χ0) is 18.4. The highest BCUT2D eigenvalue weighted by Gasteiger charge is 2.08. The first-order chi connectivity index (χ1) is 12.7. The van der Waals surface area contributed by atoms with Crippen LogP contribution in [0, 0.1) is 6.92 Å². The van der Waals surface area contributed by atoms with Crippen LogP contribution in [-0.2, 0) is 0 Å². The molecule has 0 saturated heterocycles. The summed E-state index contributed by atoms with van der Waals surface area (Å²) in [5.74, 6) is 1.18. The Morgan fingerprint density at radius 1 is 0.962 bits per heavy atom. The number of halogens is 2. The van der Waals surface area contributed by atoms with Gasteiger partial charge in [-0.1, -0.05) is 36.4 Å². The van der Waals surface area contributed by atoms with E-state index < -0.39 is 0 Å². The Labute approximate surface area is 165 Å². The molecule has 0 amide bonds. The van der Waals surface area contributed by atoms with Crippen molar-refractivity contribution in [2.75, 3.05) is 29.7 Å². The van der Waals surface area contributed by atoms with Gasteiger partial charge in [-0.15, -0.1) is 23.2 Å². The number of hydrogen-bond donors (Lipinski definition) is 0. The number of rotatable bonds is 7. The molecule has 0 atom stereocenters. The van der Waals surface area contributed by atoms with Crippen LogP contribution in [0.2, 0.25) is 0 Å². The van der Waals surface area contributed by atoms with Crippen LogP contribution in [0.1, 0.15) is 16.7 Å². The number of nitrogens with zero attached hydrogens (tertiary/aromatic N) is 2. The highest BCUT2D eigenvalue weighted by molar-refractivity contribution is 6.18. The van der Waals surface area contributed by atoms with E-state index in [1.54, 1.807) is 0 Å². The first-order valence-electron chi connectivity index (χ1n) is 8.72. The summed E-state index contributed by atoms with van der Waals surface area (Å²) in [6.07, 6.45) is 6.15. The van der Waals surface area contributed by atoms with Gasteiger partial charge in [0.25, 0.3) is 0 Å². The van der Waals surface area contributed by atoms with Crippen LogP contribution >= 0.6 is 23.2 Å². The molecule has 0 aliphatic carbocycles. The lowest BCUT2D eigenvalue weighted by molar-refractivity contribution is 0.869. The van der Waals surface area contributed by atoms with Crippen molar-refractivity contribution in [3.63, 3.8) is 0 Å². The van der Waals surface area contributed by atoms with E-state index in [0.29, 0.717) is 11.8 Å². The first-order valence-corrected chi connectivity index (χ1v) is 9.79. The minimum Gasteiger partial charge on any atom is -0.369 e. The number of aromatic nitrogens is 1. The molecule has 0 N–H and O–H groups in total. The zero-order valence-corrected chi connectivity index (χ0v) is 16.3. The summed E-state index contributed by atoms with van der Waals surface area (Å²) in [6.45, 7) is 3.73. The van der Waals surface area contributed by atoms with E-state index in [9.17, 15) is 0 Å². The number of alkyl halides is 2. The van der Waals surface area contributed by atoms with Crippen LogP contribution in [0.4, 0.5) is 5.69 Å². The fraction of sp³-hybridized carbons (Fsp3) is 0.227. The normalized spacial score (nSPS) is 11.3. The molecular formula is C22H22Cl2N2. The Kier molecular flexibility index (Phi) is 6.54. The number of hydrogen-bond acceptors (Lipinski definition) is 2. The molecular weight excluding hydrogens is 363 g/mol. The Balaban J connectivity index is 1.86. The number of pyridine rings is 1. The monoisotopic (exact) mass is 384 g/mol. The highest BCUT2D eigenvalue weighted by atomic mass is 35.5. The summed E-state index contributed by atoms with van der Waals surface area (Å²) in [6, 6.07) is 16.7. The summed E-state index contributed by atoms with van der Waals surface area (Å²) in [7, 11) is 0. The van der Waals surface area contributed by atoms with Crippen molar-refractivity contribution in [1.82, 2.24) is 4.98 Å². The minimum atomic E-state index is 0.590. The third-order valence-electron chi connectivity index (χ3n) is 4.41. The van der Waals surface area contributed by atoms with Crippen molar-refractivity contribution < 1.29 is 0 Å². The van der Waals surface area contributed by atoms with Gasteiger partial charge in [0, 0.05) is 42.1 Å². The van der Waals surface area contributed by atoms with Gasteiger partial charge in [-0.25, -0.2) is 0 Å². The molecule has 4 heteroatoms. The second-order valence-electron chi connectivity index (χ2n) is 6.16. The third-order valence-corrected chi connectivity index (χ3v) is 4.75. The maximum atomic E-state index is 5.93. The van der Waals surface area contributed by atoms with Crippen LogP contribution < -0.4 is 4.90 Å². The molecule has 0 radical (unpaired) electrons. The fourth-order valence-corrected chi connectivity index (χ4v) is 3.55. The standard InChI is InChI=1S/C22H22Cl2N2/c1-17-16-18(7-9-22(17)26(14-11-23)15-12-24)6-8-19-10-13-25-21-5-3-2-4-20(19)21/h2-10,13,16H,11-12,14-15H2,1H3/b8-6+. The molecule has 134 valence electrons. The summed E-state index contributed by atoms with van der Waals surface area (Å²) >= 11 is 11.9. The zero-order valence-electron chi connectivity index (χ0n) is 14.8. The second kappa shape index (κ2) is 9.07. The van der Waals surface area contributed by atoms with Crippen molar-refractivity contribution in [1.29, 1.82) is 0 Å². The molecule has 26 heavy (non-hydrogen) atoms. The van der Waals surface area contributed by atoms with Gasteiger partial charge < -0.3 is 4.90 Å². The van der Waals surface area contributed by atoms with E-state index in [1.807, 2.05) is 30.5 Å². The van der Waals surface area contributed by atoms with Gasteiger partial charge in [0.2, 0.25) is 0 Å². The quantitative estimate of drug-likeness (QED) is 0.464. The molecule has 3 rings (SSSR count). The molecule has 2 aromatic carbocycles. The predicted octanol–water partition coefficient (Wildman–Crippen LogP) is 6.00. The SMILES string of the molecule is Cc1cc(/C=C/c2ccnc3ccccc23)ccc1N(CCCl)CCCl. The topological polar surface area (TPSA) is 16.1 Å². The van der Waals surface area contributed by atoms with E-state index in [-0.39, 0.29) is 0 Å². The molecule has 0 saturated carbocycles. The molecule has 1 aromatic heterocycles. The Hall–Kier alpha value is -2.03. The molecule has 0 spiro atoms. The molecule has 3 aromatic rings. The lowest BCUT2D eigenvalue weighted by Gasteiger charge is -2.25. The van der Waals surface area contributed by atoms with Crippen LogP contribution in [-0.4, -0.2) is 29.8 Å². The van der Waals surface area contributed by atoms with Crippen LogP contribution in [0.3, 0.4) is 0 Å². The first kappa shape index (κ1) is 18.8. The molecule has 0 bridgehead atoms. The van der Waals surface area contributed by atoms with Gasteiger partial charge in [0.15, 0.2) is 0 Å². The van der Waals surface area contributed by atoms with Crippen molar-refractivity contribution in [3.8, 4) is 0 Å². The van der Waals surface area contributed by atoms with E-state index >= 15 is 0 Å². The Morgan fingerprint density at radius 3 is 2.46 bits per heavy atom. The van der Waals surface area contributed by atoms with Crippen molar-refractivity contribution in [3.05, 3.63) is 71.4 Å². The number of para-hydroxylation sites is 1. The van der Waals surface area contributed by atoms with Crippen LogP contribution in [0.5, 0.6) is 0 Å². The van der Waals surface area contributed by atoms with Gasteiger partial charge in [-0.3, -0.25) is 4.98 Å². The summed E-state index contributed by atoms with van der Waals surface area (Å²) in [5.41, 5.74) is 5.77. The molecule has 0 unspecified atom stereocenters. The lowest BCUT2D eigenvalue weighted by atomic mass is 10.1. The molecule has 0 fully saturated rings. The molecule has 0 aliphatic rings. The van der Waals surface area contributed by atoms with Gasteiger partial charge in [-0.05, 0) is 47.9 Å². The van der Waals surface area contributed by atoms with Crippen LogP contribution in [0.25, 0.3) is 23.1 Å². The maximum absolute atomic E-state index is 5.93. The van der Waals surface area contributed by atoms with E-state index in [4.69, 9.17) is 23.2 Å². The summed E-state index contributed by atoms with van der Waals surface area (Å²) in [4.78, 5) is 6.65. The van der Waals surface area contributed by atoms with Gasteiger partial charge in [0.05, 0.1) is 5.52 Å². The molecule has 1 heterocycles. The highest BCUT2D eigenvalue weighted by Crippen LogP contribution is 2.24. The Morgan fingerprint density at radius 2 is 1.73 bits per heavy atom. The summed E-state index contributed by atoms with van der Waals surface area (Å²) < 4.78 is 0. The van der Waals surface area contributed by atoms with Crippen LogP contribution in [0.15, 0.2) is 54.7 Å². The average Bonchev–Trinajstić information content (AvgIpc) is 2.66. The largest absolute Gasteiger partial charge is 0.369 e.